The van der Waals surface area contributed by atoms with Crippen LogP contribution >= 0.6 is 0 Å². The van der Waals surface area contributed by atoms with Crippen molar-refractivity contribution < 1.29 is 81.2 Å². The van der Waals surface area contributed by atoms with Crippen LogP contribution in [0.3, 0.4) is 0 Å². The van der Waals surface area contributed by atoms with Crippen molar-refractivity contribution in [3.05, 3.63) is 130 Å². The van der Waals surface area contributed by atoms with Crippen molar-refractivity contribution in [1.29, 1.82) is 0 Å². The quantitative estimate of drug-likeness (QED) is 0.0140. The van der Waals surface area contributed by atoms with Gasteiger partial charge in [-0.1, -0.05) is 52.0 Å². The molecule has 41 heteroatoms. The maximum atomic E-state index is 14.4. The number of carbonyl (C=O) groups is 10. The van der Waals surface area contributed by atoms with Crippen LogP contribution in [0.4, 0.5) is 27.2 Å². The third-order valence-electron chi connectivity index (χ3n) is 20.8. The van der Waals surface area contributed by atoms with Gasteiger partial charge in [-0.15, -0.1) is 10.2 Å². The molecule has 11 amide bonds. The summed E-state index contributed by atoms with van der Waals surface area (Å²) in [6.07, 6.45) is 5.77. The number of amides is 11. The van der Waals surface area contributed by atoms with Crippen molar-refractivity contribution in [2.75, 3.05) is 115 Å². The van der Waals surface area contributed by atoms with Gasteiger partial charge in [0.05, 0.1) is 101 Å². The predicted octanol–water partition coefficient (Wildman–Crippen LogP) is 4.68. The fraction of sp³-hybridized carbons (Fsp3) is 0.518. The number of fused-ring (bicyclic) bond motifs is 3. The monoisotopic (exact) mass is 1720 g/mol. The summed E-state index contributed by atoms with van der Waals surface area (Å²) >= 11 is 0. The summed E-state index contributed by atoms with van der Waals surface area (Å²) in [6.45, 7) is 22.1. The summed E-state index contributed by atoms with van der Waals surface area (Å²) in [7, 11) is 0. The van der Waals surface area contributed by atoms with Crippen LogP contribution < -0.4 is 65.1 Å². The van der Waals surface area contributed by atoms with E-state index in [1.807, 2.05) is 39.8 Å². The fourth-order valence-corrected chi connectivity index (χ4v) is 14.5. The first-order valence-corrected chi connectivity index (χ1v) is 41.8. The Morgan fingerprint density at radius 2 is 1.22 bits per heavy atom. The molecule has 5 aromatic heterocycles. The van der Waals surface area contributed by atoms with Crippen LogP contribution in [0.15, 0.2) is 78.9 Å². The molecule has 0 spiro atoms. The van der Waals surface area contributed by atoms with Gasteiger partial charge in [0.2, 0.25) is 47.3 Å². The second-order valence-corrected chi connectivity index (χ2v) is 30.9. The van der Waals surface area contributed by atoms with Crippen LogP contribution in [0.5, 0.6) is 5.75 Å². The molecule has 0 bridgehead atoms. The number of nitrogens with zero attached hydrogens (tertiary/aromatic N) is 13. The first-order chi connectivity index (χ1) is 59.7. The molecule has 41 nitrogen and oxygen atoms in total. The standard InChI is InChI=1S/C83H116N24O17/c1-9-106-65(44-53(7)99-106)76(112)95-81-91-61-46-57(72(84)109)18-21-64(61)103(81)27-11-12-28-105-71-62(92-82(105)96-77(113)66-45-54(8)100-107(66)10-2)47-58(73(85)110)48-67(71)122-33-14-26-101-29-22-56(23-30-101)74-98-97-68-49-102(31-32-104(68)74)79(115)63(43-51(3)4)93-83(117)123-50-55-16-19-59(20-17-55)89-75(111)60(15-13-25-88-80(86)116)90-78(114)70(52(5)6)94-69(108)24-34-118-35-36-119-37-38-120-39-40-121-41-42-124-87/h11-12,16-21,44-48,51-52,56,60,63,70H,9-10,13-15,22-43,49-50,87H2,1-8H3,(H2,84,109)(H2,85,110)(H,89,111)(H,90,114)(H,93,117)(H,94,108)(H3,86,88,116)(H,91,95,112)(H,92,96,113)/b12-11+/t60-,63-,70-/m0/s1. The minimum Gasteiger partial charge on any atom is -0.491 e. The number of rotatable bonds is 49. The maximum Gasteiger partial charge on any atom is 0.408 e. The van der Waals surface area contributed by atoms with E-state index in [4.69, 9.17) is 61.5 Å². The molecule has 15 N–H and O–H groups in total. The molecule has 3 atom stereocenters. The van der Waals surface area contributed by atoms with E-state index >= 15 is 0 Å². The number of primary amides is 3. The molecule has 670 valence electrons. The number of allylic oxidation sites excluding steroid dienone is 2. The second kappa shape index (κ2) is 46.3. The van der Waals surface area contributed by atoms with Gasteiger partial charge in [-0.2, -0.15) is 10.2 Å². The zero-order valence-corrected chi connectivity index (χ0v) is 71.5. The molecule has 0 aliphatic carbocycles. The van der Waals surface area contributed by atoms with E-state index in [1.54, 1.807) is 118 Å². The molecule has 124 heavy (non-hydrogen) atoms. The number of carbonyl (C=O) groups excluding carboxylic acids is 10. The number of hydrogen-bond donors (Lipinski definition) is 11. The molecule has 0 unspecified atom stereocenters. The maximum absolute atomic E-state index is 14.4. The third kappa shape index (κ3) is 26.6. The smallest absolute Gasteiger partial charge is 0.408 e. The van der Waals surface area contributed by atoms with Gasteiger partial charge in [-0.05, 0) is 151 Å². The zero-order chi connectivity index (χ0) is 88.9. The van der Waals surface area contributed by atoms with E-state index < -0.39 is 71.6 Å². The number of urea groups is 1. The van der Waals surface area contributed by atoms with E-state index in [2.05, 4.69) is 71.9 Å². The summed E-state index contributed by atoms with van der Waals surface area (Å²) in [5, 5.41) is 37.7. The van der Waals surface area contributed by atoms with Crippen LogP contribution in [0.25, 0.3) is 22.1 Å². The Hall–Kier alpha value is -12.3. The highest BCUT2D eigenvalue weighted by Crippen LogP contribution is 2.34. The topological polar surface area (TPSA) is 532 Å². The predicted molar refractivity (Wildman–Crippen MR) is 456 cm³/mol. The van der Waals surface area contributed by atoms with Gasteiger partial charge in [-0.3, -0.25) is 58.4 Å². The average molecular weight is 1720 g/mol. The largest absolute Gasteiger partial charge is 0.491 e. The van der Waals surface area contributed by atoms with Crippen molar-refractivity contribution >= 4 is 99.0 Å². The van der Waals surface area contributed by atoms with Crippen molar-refractivity contribution in [2.45, 2.75) is 170 Å². The molecule has 2 aliphatic heterocycles. The molecule has 0 saturated carbocycles. The Kier molecular flexibility index (Phi) is 35.1. The minimum absolute atomic E-state index is 0.0193. The number of anilines is 3. The van der Waals surface area contributed by atoms with Crippen LogP contribution in [0.2, 0.25) is 0 Å². The fourth-order valence-electron chi connectivity index (χ4n) is 14.5. The highest BCUT2D eigenvalue weighted by molar-refractivity contribution is 6.05. The molecule has 0 radical (unpaired) electrons. The molecule has 8 aromatic rings. The van der Waals surface area contributed by atoms with E-state index in [0.29, 0.717) is 153 Å². The number of hydrogen-bond acceptors (Lipinski definition) is 25. The van der Waals surface area contributed by atoms with Crippen molar-refractivity contribution in [3.8, 4) is 5.75 Å². The number of alkyl carbamates (subject to hydrolysis) is 1. The lowest BCUT2D eigenvalue weighted by Crippen LogP contribution is -2.54. The van der Waals surface area contributed by atoms with Gasteiger partial charge in [0.25, 0.3) is 11.8 Å². The Labute approximate surface area is 717 Å². The molecule has 1 saturated heterocycles. The summed E-state index contributed by atoms with van der Waals surface area (Å²) < 4.78 is 42.8. The van der Waals surface area contributed by atoms with E-state index in [0.717, 1.165) is 31.8 Å². The SMILES string of the molecule is CCn1nc(C)cc1C(=O)Nc1nc2cc(C(N)=O)ccc2n1C/C=C/Cn1c(NC(=O)c2cc(C)nn2CC)nc2cc(C(N)=O)cc(OCCCN3CCC(c4nnc5n4CCN(C(=O)[C@H](CC(C)C)NC(=O)OCc4ccc(NC(=O)[C@H](CCCNC(N)=O)NC(=O)[C@@H](NC(=O)CCOCCOCCOCCOCCON)C(C)C)cc4)C5)CC3)c21. The Morgan fingerprint density at radius 1 is 0.613 bits per heavy atom. The number of aromatic nitrogens is 11. The molecule has 7 heterocycles. The van der Waals surface area contributed by atoms with E-state index in [-0.39, 0.29) is 125 Å². The highest BCUT2D eigenvalue weighted by Gasteiger charge is 2.35. The zero-order valence-electron chi connectivity index (χ0n) is 71.5. The van der Waals surface area contributed by atoms with Gasteiger partial charge < -0.3 is 101 Å². The lowest BCUT2D eigenvalue weighted by Gasteiger charge is -2.34. The summed E-state index contributed by atoms with van der Waals surface area (Å²) in [5.74, 6) is 2.74. The molecular weight excluding hydrogens is 1610 g/mol. The Bertz CT molecular complexity index is 5020. The van der Waals surface area contributed by atoms with Crippen LogP contribution in [-0.4, -0.2) is 240 Å². The van der Waals surface area contributed by atoms with Crippen molar-refractivity contribution in [3.63, 3.8) is 0 Å². The Balaban J connectivity index is 0.700. The second-order valence-electron chi connectivity index (χ2n) is 30.9. The molecule has 1 fully saturated rings. The number of aryl methyl sites for hydroxylation is 4. The van der Waals surface area contributed by atoms with Gasteiger partial charge in [0.15, 0.2) is 5.82 Å². The summed E-state index contributed by atoms with van der Waals surface area (Å²) in [4.78, 5) is 151. The van der Waals surface area contributed by atoms with Gasteiger partial charge in [-0.25, -0.2) is 25.5 Å². The molecule has 2 aliphatic rings. The third-order valence-corrected chi connectivity index (χ3v) is 20.8. The highest BCUT2D eigenvalue weighted by atomic mass is 16.6. The number of nitrogens with one attached hydrogen (secondary N) is 7. The lowest BCUT2D eigenvalue weighted by atomic mass is 9.95. The Morgan fingerprint density at radius 3 is 1.82 bits per heavy atom. The average Bonchev–Trinajstić information content (AvgIpc) is 1.63. The normalized spacial score (nSPS) is 13.9. The summed E-state index contributed by atoms with van der Waals surface area (Å²) in [5.41, 5.74) is 22.0. The molecular formula is C83H116N24O17. The first kappa shape index (κ1) is 94.0. The lowest BCUT2D eigenvalue weighted by molar-refractivity contribution is -0.135. The number of ether oxygens (including phenoxy) is 6. The number of likely N-dealkylation sites (tertiary alicyclic amines) is 1. The van der Waals surface area contributed by atoms with Gasteiger partial charge in [0.1, 0.15) is 53.2 Å². The molecule has 3 aromatic carbocycles. The van der Waals surface area contributed by atoms with E-state index in [1.165, 1.54) is 0 Å². The number of imidazole rings is 2. The first-order valence-electron chi connectivity index (χ1n) is 41.8. The minimum atomic E-state index is -1.10. The van der Waals surface area contributed by atoms with Gasteiger partial charge >= 0.3 is 12.1 Å². The summed E-state index contributed by atoms with van der Waals surface area (Å²) in [6, 6.07) is 14.1. The van der Waals surface area contributed by atoms with Crippen molar-refractivity contribution in [1.82, 2.24) is 84.5 Å². The van der Waals surface area contributed by atoms with Crippen molar-refractivity contribution in [2.24, 2.45) is 34.9 Å². The molecule has 10 rings (SSSR count). The number of benzene rings is 3. The van der Waals surface area contributed by atoms with E-state index in [9.17, 15) is 47.9 Å². The van der Waals surface area contributed by atoms with Crippen LogP contribution in [-0.2, 0) is 93.6 Å². The van der Waals surface area contributed by atoms with Crippen LogP contribution in [0, 0.1) is 25.7 Å². The number of nitrogens with two attached hydrogens (primary N) is 4. The van der Waals surface area contributed by atoms with Crippen LogP contribution in [0.1, 0.15) is 163 Å². The number of piperidine rings is 1. The van der Waals surface area contributed by atoms with Gasteiger partial charge in [0, 0.05) is 81.5 Å².